The van der Waals surface area contributed by atoms with E-state index < -0.39 is 0 Å². The van der Waals surface area contributed by atoms with Crippen molar-refractivity contribution in [2.75, 3.05) is 33.3 Å². The van der Waals surface area contributed by atoms with E-state index in [0.717, 1.165) is 38.3 Å². The molecule has 1 heterocycles. The first kappa shape index (κ1) is 13.9. The fourth-order valence-corrected chi connectivity index (χ4v) is 2.13. The lowest BCUT2D eigenvalue weighted by atomic mass is 10.1. The van der Waals surface area contributed by atoms with E-state index in [9.17, 15) is 4.79 Å². The van der Waals surface area contributed by atoms with Gasteiger partial charge in [0.1, 0.15) is 5.75 Å². The maximum Gasteiger partial charge on any atom is 0.236 e. The summed E-state index contributed by atoms with van der Waals surface area (Å²) >= 11 is 0. The maximum atomic E-state index is 11.6. The van der Waals surface area contributed by atoms with Crippen LogP contribution in [0.2, 0.25) is 0 Å². The molecule has 0 aromatic heterocycles. The number of hydrogen-bond acceptors (Lipinski definition) is 3. The lowest BCUT2D eigenvalue weighted by Gasteiger charge is -2.14. The molecule has 0 unspecified atom stereocenters. The van der Waals surface area contributed by atoms with Crippen molar-refractivity contribution in [3.05, 3.63) is 29.3 Å². The van der Waals surface area contributed by atoms with E-state index in [-0.39, 0.29) is 5.91 Å². The second kappa shape index (κ2) is 6.57. The van der Waals surface area contributed by atoms with Crippen molar-refractivity contribution in [2.24, 2.45) is 0 Å². The molecule has 0 saturated carbocycles. The Bertz CT molecular complexity index is 446. The number of carbonyl (C=O) groups excluding carboxylic acids is 1. The van der Waals surface area contributed by atoms with Crippen LogP contribution in [-0.2, 0) is 17.6 Å². The standard InChI is InChI=1S/C15H22N2O2/c1-3-17(2)15(18)11-16-8-6-12-4-5-14-13(10-12)7-9-19-14/h4-5,10,16H,3,6-9,11H2,1-2H3. The first-order chi connectivity index (χ1) is 9.20. The average Bonchev–Trinajstić information content (AvgIpc) is 2.89. The minimum atomic E-state index is 0.143. The quantitative estimate of drug-likeness (QED) is 0.784. The second-order valence-electron chi connectivity index (χ2n) is 4.88. The Kier molecular flexibility index (Phi) is 4.80. The van der Waals surface area contributed by atoms with Crippen LogP contribution >= 0.6 is 0 Å². The summed E-state index contributed by atoms with van der Waals surface area (Å²) in [6, 6.07) is 6.36. The minimum Gasteiger partial charge on any atom is -0.493 e. The number of fused-ring (bicyclic) bond motifs is 1. The number of carbonyl (C=O) groups is 1. The number of rotatable bonds is 6. The van der Waals surface area contributed by atoms with Crippen molar-refractivity contribution >= 4 is 5.91 Å². The van der Waals surface area contributed by atoms with Gasteiger partial charge < -0.3 is 15.0 Å². The molecule has 4 nitrogen and oxygen atoms in total. The average molecular weight is 262 g/mol. The van der Waals surface area contributed by atoms with Gasteiger partial charge >= 0.3 is 0 Å². The van der Waals surface area contributed by atoms with Crippen LogP contribution in [0, 0.1) is 0 Å². The van der Waals surface area contributed by atoms with Gasteiger partial charge in [0.25, 0.3) is 0 Å². The number of ether oxygens (including phenoxy) is 1. The summed E-state index contributed by atoms with van der Waals surface area (Å²) in [4.78, 5) is 13.3. The normalized spacial score (nSPS) is 12.9. The zero-order valence-corrected chi connectivity index (χ0v) is 11.7. The third-order valence-electron chi connectivity index (χ3n) is 3.52. The first-order valence-corrected chi connectivity index (χ1v) is 6.90. The minimum absolute atomic E-state index is 0.143. The lowest BCUT2D eigenvalue weighted by Crippen LogP contribution is -2.36. The molecule has 0 atom stereocenters. The molecule has 1 aliphatic heterocycles. The van der Waals surface area contributed by atoms with Crippen LogP contribution in [0.3, 0.4) is 0 Å². The Labute approximate surface area is 114 Å². The molecule has 1 aliphatic rings. The molecule has 0 saturated heterocycles. The van der Waals surface area contributed by atoms with Crippen LogP contribution in [0.25, 0.3) is 0 Å². The van der Waals surface area contributed by atoms with Gasteiger partial charge in [0.05, 0.1) is 13.2 Å². The molecule has 0 radical (unpaired) electrons. The van der Waals surface area contributed by atoms with E-state index in [1.54, 1.807) is 4.90 Å². The summed E-state index contributed by atoms with van der Waals surface area (Å²) in [5.41, 5.74) is 2.60. The smallest absolute Gasteiger partial charge is 0.236 e. The van der Waals surface area contributed by atoms with Gasteiger partial charge in [-0.05, 0) is 37.1 Å². The van der Waals surface area contributed by atoms with Crippen LogP contribution in [0.15, 0.2) is 18.2 Å². The van der Waals surface area contributed by atoms with Crippen molar-refractivity contribution in [1.29, 1.82) is 0 Å². The predicted molar refractivity (Wildman–Crippen MR) is 75.5 cm³/mol. The maximum absolute atomic E-state index is 11.6. The number of nitrogens with zero attached hydrogens (tertiary/aromatic N) is 1. The summed E-state index contributed by atoms with van der Waals surface area (Å²) in [6.07, 6.45) is 1.95. The number of likely N-dealkylation sites (N-methyl/N-ethyl adjacent to an activating group) is 1. The van der Waals surface area contributed by atoms with Crippen LogP contribution in [0.1, 0.15) is 18.1 Å². The van der Waals surface area contributed by atoms with Crippen molar-refractivity contribution in [1.82, 2.24) is 10.2 Å². The van der Waals surface area contributed by atoms with E-state index in [4.69, 9.17) is 4.74 Å². The molecule has 0 fully saturated rings. The molecule has 1 aromatic carbocycles. The lowest BCUT2D eigenvalue weighted by molar-refractivity contribution is -0.128. The van der Waals surface area contributed by atoms with E-state index >= 15 is 0 Å². The Hall–Kier alpha value is -1.55. The van der Waals surface area contributed by atoms with E-state index in [1.165, 1.54) is 11.1 Å². The fourth-order valence-electron chi connectivity index (χ4n) is 2.13. The highest BCUT2D eigenvalue weighted by Crippen LogP contribution is 2.25. The molecular formula is C15H22N2O2. The highest BCUT2D eigenvalue weighted by molar-refractivity contribution is 5.77. The van der Waals surface area contributed by atoms with Crippen molar-refractivity contribution in [3.8, 4) is 5.75 Å². The summed E-state index contributed by atoms with van der Waals surface area (Å²) in [5.74, 6) is 1.17. The van der Waals surface area contributed by atoms with Crippen molar-refractivity contribution in [2.45, 2.75) is 19.8 Å². The zero-order chi connectivity index (χ0) is 13.7. The Balaban J connectivity index is 1.73. The van der Waals surface area contributed by atoms with Crippen LogP contribution in [0.4, 0.5) is 0 Å². The van der Waals surface area contributed by atoms with Gasteiger partial charge in [-0.15, -0.1) is 0 Å². The molecule has 1 amide bonds. The van der Waals surface area contributed by atoms with Gasteiger partial charge in [-0.25, -0.2) is 0 Å². The highest BCUT2D eigenvalue weighted by atomic mass is 16.5. The monoisotopic (exact) mass is 262 g/mol. The number of nitrogens with one attached hydrogen (secondary N) is 1. The van der Waals surface area contributed by atoms with Crippen LogP contribution in [-0.4, -0.2) is 44.1 Å². The Morgan fingerprint density at radius 2 is 2.32 bits per heavy atom. The Morgan fingerprint density at radius 3 is 3.11 bits per heavy atom. The molecule has 0 bridgehead atoms. The van der Waals surface area contributed by atoms with Gasteiger partial charge in [0, 0.05) is 20.0 Å². The number of amides is 1. The predicted octanol–water partition coefficient (Wildman–Crippen LogP) is 1.23. The summed E-state index contributed by atoms with van der Waals surface area (Å²) < 4.78 is 5.48. The topological polar surface area (TPSA) is 41.6 Å². The number of benzene rings is 1. The molecule has 104 valence electrons. The first-order valence-electron chi connectivity index (χ1n) is 6.90. The molecule has 4 heteroatoms. The van der Waals surface area contributed by atoms with E-state index in [2.05, 4.69) is 17.4 Å². The summed E-state index contributed by atoms with van der Waals surface area (Å²) in [7, 11) is 1.82. The Morgan fingerprint density at radius 1 is 1.47 bits per heavy atom. The van der Waals surface area contributed by atoms with Gasteiger partial charge in [-0.3, -0.25) is 4.79 Å². The molecule has 1 N–H and O–H groups in total. The van der Waals surface area contributed by atoms with Crippen LogP contribution in [0.5, 0.6) is 5.75 Å². The van der Waals surface area contributed by atoms with Gasteiger partial charge in [-0.2, -0.15) is 0 Å². The third kappa shape index (κ3) is 3.70. The second-order valence-corrected chi connectivity index (χ2v) is 4.88. The van der Waals surface area contributed by atoms with Crippen molar-refractivity contribution < 1.29 is 9.53 Å². The third-order valence-corrected chi connectivity index (χ3v) is 3.52. The molecule has 19 heavy (non-hydrogen) atoms. The molecule has 1 aromatic rings. The van der Waals surface area contributed by atoms with E-state index in [1.807, 2.05) is 20.0 Å². The van der Waals surface area contributed by atoms with Crippen LogP contribution < -0.4 is 10.1 Å². The van der Waals surface area contributed by atoms with Gasteiger partial charge in [0.15, 0.2) is 0 Å². The molecule has 0 aliphatic carbocycles. The molecular weight excluding hydrogens is 240 g/mol. The SMILES string of the molecule is CCN(C)C(=O)CNCCc1ccc2c(c1)CCO2. The summed E-state index contributed by atoms with van der Waals surface area (Å²) in [6.45, 7) is 4.77. The highest BCUT2D eigenvalue weighted by Gasteiger charge is 2.11. The van der Waals surface area contributed by atoms with Crippen molar-refractivity contribution in [3.63, 3.8) is 0 Å². The molecule has 2 rings (SSSR count). The molecule has 0 spiro atoms. The van der Waals surface area contributed by atoms with Gasteiger partial charge in [-0.1, -0.05) is 12.1 Å². The largest absolute Gasteiger partial charge is 0.493 e. The zero-order valence-electron chi connectivity index (χ0n) is 11.7. The number of hydrogen-bond donors (Lipinski definition) is 1. The van der Waals surface area contributed by atoms with Gasteiger partial charge in [0.2, 0.25) is 5.91 Å². The summed E-state index contributed by atoms with van der Waals surface area (Å²) in [5, 5.41) is 3.19. The fraction of sp³-hybridized carbons (Fsp3) is 0.533. The van der Waals surface area contributed by atoms with E-state index in [0.29, 0.717) is 6.54 Å².